The van der Waals surface area contributed by atoms with E-state index in [-0.39, 0.29) is 11.4 Å². The average Bonchev–Trinajstić information content (AvgIpc) is 2.28. The molecule has 0 atom stereocenters. The number of rotatable bonds is 3. The summed E-state index contributed by atoms with van der Waals surface area (Å²) in [5, 5.41) is 0. The molecule has 3 rings (SSSR count). The Hall–Kier alpha value is -0.570. The smallest absolute Gasteiger partial charge is 0.313 e. The van der Waals surface area contributed by atoms with Gasteiger partial charge in [-0.3, -0.25) is 9.69 Å². The average molecular weight is 225 g/mol. The van der Waals surface area contributed by atoms with E-state index in [0.29, 0.717) is 12.0 Å². The number of carbonyl (C=O) groups excluding carboxylic acids is 1. The highest BCUT2D eigenvalue weighted by molar-refractivity contribution is 5.77. The molecule has 0 amide bonds. The first-order chi connectivity index (χ1) is 7.57. The molecule has 0 radical (unpaired) electrons. The lowest BCUT2D eigenvalue weighted by Gasteiger charge is -2.51. The van der Waals surface area contributed by atoms with Crippen molar-refractivity contribution in [1.29, 1.82) is 0 Å². The first kappa shape index (κ1) is 11.9. The van der Waals surface area contributed by atoms with Crippen LogP contribution in [0.25, 0.3) is 0 Å². The molecule has 1 aliphatic carbocycles. The molecule has 2 saturated heterocycles. The Morgan fingerprint density at radius 3 is 2.56 bits per heavy atom. The van der Waals surface area contributed by atoms with E-state index in [4.69, 9.17) is 4.74 Å². The van der Waals surface area contributed by atoms with E-state index in [2.05, 4.69) is 18.7 Å². The molecular formula is C13H23NO2. The third-order valence-electron chi connectivity index (χ3n) is 4.15. The Labute approximate surface area is 98.1 Å². The number of fused-ring (bicyclic) bond motifs is 3. The van der Waals surface area contributed by atoms with Crippen LogP contribution in [0.4, 0.5) is 0 Å². The SMILES string of the molecule is COC(=O)C12CCC(CC1)N(CC(C)C)C2. The number of piperidine rings is 2. The van der Waals surface area contributed by atoms with E-state index >= 15 is 0 Å². The van der Waals surface area contributed by atoms with Crippen LogP contribution >= 0.6 is 0 Å². The molecule has 0 aromatic rings. The minimum atomic E-state index is -0.182. The van der Waals surface area contributed by atoms with Crippen LogP contribution in [0.2, 0.25) is 0 Å². The first-order valence-electron chi connectivity index (χ1n) is 6.40. The molecule has 3 heteroatoms. The standard InChI is InChI=1S/C13H23NO2/c1-10(2)8-14-9-13(12(15)16-3)6-4-11(14)5-7-13/h10-11H,4-9H2,1-3H3. The summed E-state index contributed by atoms with van der Waals surface area (Å²) in [6.45, 7) is 6.52. The normalized spacial score (nSPS) is 34.4. The van der Waals surface area contributed by atoms with Crippen molar-refractivity contribution in [3.63, 3.8) is 0 Å². The fourth-order valence-corrected chi connectivity index (χ4v) is 3.36. The van der Waals surface area contributed by atoms with Gasteiger partial charge in [0.05, 0.1) is 12.5 Å². The lowest BCUT2D eigenvalue weighted by Crippen LogP contribution is -2.57. The third-order valence-corrected chi connectivity index (χ3v) is 4.15. The highest BCUT2D eigenvalue weighted by Gasteiger charge is 2.50. The molecule has 0 N–H and O–H groups in total. The lowest BCUT2D eigenvalue weighted by molar-refractivity contribution is -0.163. The number of methoxy groups -OCH3 is 1. The Bertz CT molecular complexity index is 267. The summed E-state index contributed by atoms with van der Waals surface area (Å²) in [4.78, 5) is 14.4. The molecule has 1 saturated carbocycles. The second-order valence-corrected chi connectivity index (χ2v) is 5.83. The Morgan fingerprint density at radius 1 is 1.44 bits per heavy atom. The molecule has 3 nitrogen and oxygen atoms in total. The zero-order valence-corrected chi connectivity index (χ0v) is 10.7. The van der Waals surface area contributed by atoms with Crippen molar-refractivity contribution < 1.29 is 9.53 Å². The van der Waals surface area contributed by atoms with Gasteiger partial charge in [0.15, 0.2) is 0 Å². The third kappa shape index (κ3) is 1.97. The van der Waals surface area contributed by atoms with Gasteiger partial charge in [-0.2, -0.15) is 0 Å². The van der Waals surface area contributed by atoms with Gasteiger partial charge in [0.2, 0.25) is 0 Å². The van der Waals surface area contributed by atoms with E-state index in [1.54, 1.807) is 0 Å². The summed E-state index contributed by atoms with van der Waals surface area (Å²) in [5.41, 5.74) is -0.182. The Balaban J connectivity index is 2.09. The van der Waals surface area contributed by atoms with Gasteiger partial charge in [0.25, 0.3) is 0 Å². The van der Waals surface area contributed by atoms with Gasteiger partial charge in [-0.25, -0.2) is 0 Å². The molecule has 3 aliphatic rings. The summed E-state index contributed by atoms with van der Waals surface area (Å²) in [5.74, 6) is 0.688. The van der Waals surface area contributed by atoms with Crippen LogP contribution in [0, 0.1) is 11.3 Å². The highest BCUT2D eigenvalue weighted by Crippen LogP contribution is 2.45. The van der Waals surface area contributed by atoms with E-state index in [9.17, 15) is 4.79 Å². The quantitative estimate of drug-likeness (QED) is 0.689. The van der Waals surface area contributed by atoms with Crippen LogP contribution in [0.1, 0.15) is 39.5 Å². The van der Waals surface area contributed by atoms with E-state index < -0.39 is 0 Å². The van der Waals surface area contributed by atoms with E-state index in [1.165, 1.54) is 20.0 Å². The van der Waals surface area contributed by atoms with Gasteiger partial charge in [-0.05, 0) is 31.6 Å². The molecule has 0 spiro atoms. The zero-order chi connectivity index (χ0) is 11.8. The van der Waals surface area contributed by atoms with Crippen LogP contribution in [0.3, 0.4) is 0 Å². The molecule has 2 aliphatic heterocycles. The fourth-order valence-electron chi connectivity index (χ4n) is 3.36. The molecule has 16 heavy (non-hydrogen) atoms. The number of esters is 1. The summed E-state index contributed by atoms with van der Waals surface area (Å²) >= 11 is 0. The van der Waals surface area contributed by atoms with Crippen LogP contribution < -0.4 is 0 Å². The van der Waals surface area contributed by atoms with E-state index in [1.807, 2.05) is 0 Å². The number of ether oxygens (including phenoxy) is 1. The highest BCUT2D eigenvalue weighted by atomic mass is 16.5. The molecule has 0 aromatic carbocycles. The van der Waals surface area contributed by atoms with Crippen LogP contribution in [-0.4, -0.2) is 37.1 Å². The van der Waals surface area contributed by atoms with Crippen molar-refractivity contribution >= 4 is 5.97 Å². The molecule has 2 heterocycles. The van der Waals surface area contributed by atoms with Gasteiger partial charge in [-0.15, -0.1) is 0 Å². The molecule has 3 fully saturated rings. The van der Waals surface area contributed by atoms with Crippen molar-refractivity contribution in [2.75, 3.05) is 20.2 Å². The second-order valence-electron chi connectivity index (χ2n) is 5.83. The zero-order valence-electron chi connectivity index (χ0n) is 10.7. The van der Waals surface area contributed by atoms with Crippen molar-refractivity contribution in [3.8, 4) is 0 Å². The van der Waals surface area contributed by atoms with Gasteiger partial charge >= 0.3 is 5.97 Å². The summed E-state index contributed by atoms with van der Waals surface area (Å²) in [6.07, 6.45) is 4.39. The number of nitrogens with zero attached hydrogens (tertiary/aromatic N) is 1. The summed E-state index contributed by atoms with van der Waals surface area (Å²) < 4.78 is 5.00. The maximum Gasteiger partial charge on any atom is 0.313 e. The molecule has 0 unspecified atom stereocenters. The van der Waals surface area contributed by atoms with Crippen molar-refractivity contribution in [2.24, 2.45) is 11.3 Å². The lowest BCUT2D eigenvalue weighted by atomic mass is 9.67. The van der Waals surface area contributed by atoms with Crippen molar-refractivity contribution in [2.45, 2.75) is 45.6 Å². The monoisotopic (exact) mass is 225 g/mol. The maximum absolute atomic E-state index is 11.9. The Morgan fingerprint density at radius 2 is 2.06 bits per heavy atom. The van der Waals surface area contributed by atoms with Gasteiger partial charge in [0.1, 0.15) is 0 Å². The molecule has 2 bridgehead atoms. The van der Waals surface area contributed by atoms with Gasteiger partial charge < -0.3 is 4.74 Å². The Kier molecular flexibility index (Phi) is 3.24. The minimum Gasteiger partial charge on any atom is -0.469 e. The number of carbonyl (C=O) groups is 1. The van der Waals surface area contributed by atoms with Crippen LogP contribution in [-0.2, 0) is 9.53 Å². The minimum absolute atomic E-state index is 0.0133. The number of hydrogen-bond acceptors (Lipinski definition) is 3. The number of hydrogen-bond donors (Lipinski definition) is 0. The first-order valence-corrected chi connectivity index (χ1v) is 6.40. The van der Waals surface area contributed by atoms with Crippen LogP contribution in [0.5, 0.6) is 0 Å². The summed E-state index contributed by atoms with van der Waals surface area (Å²) in [7, 11) is 1.52. The topological polar surface area (TPSA) is 29.5 Å². The van der Waals surface area contributed by atoms with E-state index in [0.717, 1.165) is 25.9 Å². The second kappa shape index (κ2) is 4.36. The van der Waals surface area contributed by atoms with Crippen molar-refractivity contribution in [3.05, 3.63) is 0 Å². The molecule has 0 aromatic heterocycles. The largest absolute Gasteiger partial charge is 0.469 e. The maximum atomic E-state index is 11.9. The van der Waals surface area contributed by atoms with Gasteiger partial charge in [-0.1, -0.05) is 13.8 Å². The predicted octanol–water partition coefficient (Wildman–Crippen LogP) is 2.06. The molecule has 92 valence electrons. The van der Waals surface area contributed by atoms with Crippen molar-refractivity contribution in [1.82, 2.24) is 4.90 Å². The predicted molar refractivity (Wildman–Crippen MR) is 63.1 cm³/mol. The van der Waals surface area contributed by atoms with Crippen LogP contribution in [0.15, 0.2) is 0 Å². The summed E-state index contributed by atoms with van der Waals surface area (Å²) in [6, 6.07) is 0.717. The fraction of sp³-hybridized carbons (Fsp3) is 0.923. The molecular weight excluding hydrogens is 202 g/mol. The van der Waals surface area contributed by atoms with Gasteiger partial charge in [0, 0.05) is 19.1 Å².